The number of Topliss-reactive ketones (excluding diaryl/α,β-unsaturated/α-hetero) is 1. The summed E-state index contributed by atoms with van der Waals surface area (Å²) >= 11 is 1.62. The third kappa shape index (κ3) is 2.47. The molecule has 0 aliphatic carbocycles. The Hall–Kier alpha value is -1.41. The van der Waals surface area contributed by atoms with E-state index in [9.17, 15) is 4.79 Å². The van der Waals surface area contributed by atoms with Gasteiger partial charge in [-0.2, -0.15) is 0 Å². The Balaban J connectivity index is 2.50. The Labute approximate surface area is 106 Å². The van der Waals surface area contributed by atoms with E-state index in [0.717, 1.165) is 11.3 Å². The minimum absolute atomic E-state index is 0.156. The van der Waals surface area contributed by atoms with E-state index < -0.39 is 0 Å². The second-order valence-electron chi connectivity index (χ2n) is 4.22. The summed E-state index contributed by atoms with van der Waals surface area (Å²) in [5.74, 6) is 0.156. The number of thiophene rings is 1. The fourth-order valence-corrected chi connectivity index (χ4v) is 2.86. The van der Waals surface area contributed by atoms with Gasteiger partial charge >= 0.3 is 0 Å². The van der Waals surface area contributed by atoms with E-state index >= 15 is 0 Å². The van der Waals surface area contributed by atoms with Gasteiger partial charge in [0.05, 0.1) is 4.88 Å². The number of carbonyl (C=O) groups excluding carboxylic acids is 1. The number of hydrogen-bond donors (Lipinski definition) is 0. The van der Waals surface area contributed by atoms with Crippen LogP contribution in [-0.2, 0) is 6.42 Å². The zero-order chi connectivity index (χ0) is 12.4. The zero-order valence-electron chi connectivity index (χ0n) is 10.4. The first-order valence-corrected chi connectivity index (χ1v) is 6.64. The van der Waals surface area contributed by atoms with Gasteiger partial charge in [0.25, 0.3) is 0 Å². The highest BCUT2D eigenvalue weighted by molar-refractivity contribution is 7.14. The van der Waals surface area contributed by atoms with E-state index in [-0.39, 0.29) is 5.78 Å². The Morgan fingerprint density at radius 3 is 2.41 bits per heavy atom. The summed E-state index contributed by atoms with van der Waals surface area (Å²) in [5, 5.41) is 0. The third-order valence-corrected chi connectivity index (χ3v) is 4.22. The first-order valence-electron chi connectivity index (χ1n) is 5.82. The van der Waals surface area contributed by atoms with Gasteiger partial charge in [0, 0.05) is 4.88 Å². The van der Waals surface area contributed by atoms with Crippen molar-refractivity contribution in [2.24, 2.45) is 0 Å². The van der Waals surface area contributed by atoms with Crippen LogP contribution in [0.3, 0.4) is 0 Å². The van der Waals surface area contributed by atoms with Crippen molar-refractivity contribution in [1.29, 1.82) is 0 Å². The van der Waals surface area contributed by atoms with E-state index in [1.54, 1.807) is 18.3 Å². The van der Waals surface area contributed by atoms with Crippen molar-refractivity contribution in [2.45, 2.75) is 27.2 Å². The molecule has 88 valence electrons. The number of rotatable bonds is 3. The van der Waals surface area contributed by atoms with Crippen molar-refractivity contribution in [3.8, 4) is 11.1 Å². The van der Waals surface area contributed by atoms with Gasteiger partial charge in [0.15, 0.2) is 5.78 Å². The van der Waals surface area contributed by atoms with Gasteiger partial charge in [-0.3, -0.25) is 4.79 Å². The molecule has 0 radical (unpaired) electrons. The maximum atomic E-state index is 11.4. The highest BCUT2D eigenvalue weighted by atomic mass is 32.1. The van der Waals surface area contributed by atoms with Gasteiger partial charge in [0.1, 0.15) is 0 Å². The Morgan fingerprint density at radius 1 is 1.24 bits per heavy atom. The van der Waals surface area contributed by atoms with E-state index in [2.05, 4.69) is 38.1 Å². The van der Waals surface area contributed by atoms with E-state index in [1.165, 1.54) is 21.6 Å². The molecule has 1 aromatic carbocycles. The number of carbonyl (C=O) groups is 1. The second-order valence-corrected chi connectivity index (χ2v) is 5.36. The molecular weight excluding hydrogens is 228 g/mol. The largest absolute Gasteiger partial charge is 0.294 e. The predicted molar refractivity (Wildman–Crippen MR) is 73.9 cm³/mol. The van der Waals surface area contributed by atoms with Crippen LogP contribution in [0.1, 0.15) is 34.0 Å². The summed E-state index contributed by atoms with van der Waals surface area (Å²) < 4.78 is 0. The van der Waals surface area contributed by atoms with Gasteiger partial charge in [-0.05, 0) is 37.5 Å². The van der Waals surface area contributed by atoms with Crippen LogP contribution in [-0.4, -0.2) is 5.78 Å². The molecule has 0 saturated carbocycles. The highest BCUT2D eigenvalue weighted by Gasteiger charge is 2.11. The van der Waals surface area contributed by atoms with Gasteiger partial charge < -0.3 is 0 Å². The molecule has 1 aromatic heterocycles. The Morgan fingerprint density at radius 2 is 1.88 bits per heavy atom. The first kappa shape index (κ1) is 12.1. The van der Waals surface area contributed by atoms with Crippen molar-refractivity contribution in [1.82, 2.24) is 0 Å². The van der Waals surface area contributed by atoms with Crippen molar-refractivity contribution < 1.29 is 4.79 Å². The molecule has 0 unspecified atom stereocenters. The van der Waals surface area contributed by atoms with Crippen LogP contribution in [0, 0.1) is 6.92 Å². The smallest absolute Gasteiger partial charge is 0.169 e. The SMILES string of the molecule is CCc1sc(C(C)=O)cc1-c1ccc(C)cc1. The van der Waals surface area contributed by atoms with Crippen LogP contribution in [0.2, 0.25) is 0 Å². The van der Waals surface area contributed by atoms with E-state index in [1.807, 2.05) is 6.07 Å². The van der Waals surface area contributed by atoms with Crippen molar-refractivity contribution in [2.75, 3.05) is 0 Å². The lowest BCUT2D eigenvalue weighted by molar-refractivity contribution is 0.102. The lowest BCUT2D eigenvalue weighted by Crippen LogP contribution is -1.84. The maximum Gasteiger partial charge on any atom is 0.169 e. The van der Waals surface area contributed by atoms with Crippen molar-refractivity contribution in [3.05, 3.63) is 45.6 Å². The van der Waals surface area contributed by atoms with Crippen LogP contribution in [0.25, 0.3) is 11.1 Å². The summed E-state index contributed by atoms with van der Waals surface area (Å²) in [6.45, 7) is 5.84. The Kier molecular flexibility index (Phi) is 3.43. The van der Waals surface area contributed by atoms with E-state index in [4.69, 9.17) is 0 Å². The first-order chi connectivity index (χ1) is 8.11. The highest BCUT2D eigenvalue weighted by Crippen LogP contribution is 2.32. The number of benzene rings is 1. The number of aryl methyl sites for hydroxylation is 2. The molecule has 0 fully saturated rings. The van der Waals surface area contributed by atoms with Crippen LogP contribution in [0.4, 0.5) is 0 Å². The predicted octanol–water partition coefficient (Wildman–Crippen LogP) is 4.49. The molecule has 0 aliphatic rings. The normalized spacial score (nSPS) is 10.5. The molecule has 2 aromatic rings. The molecule has 2 rings (SSSR count). The molecule has 1 heterocycles. The summed E-state index contributed by atoms with van der Waals surface area (Å²) in [7, 11) is 0. The minimum atomic E-state index is 0.156. The number of ketones is 1. The molecule has 0 amide bonds. The average Bonchev–Trinajstić information content (AvgIpc) is 2.74. The van der Waals surface area contributed by atoms with Gasteiger partial charge in [-0.25, -0.2) is 0 Å². The summed E-state index contributed by atoms with van der Waals surface area (Å²) in [6, 6.07) is 10.5. The van der Waals surface area contributed by atoms with Crippen molar-refractivity contribution in [3.63, 3.8) is 0 Å². The second kappa shape index (κ2) is 4.84. The lowest BCUT2D eigenvalue weighted by atomic mass is 10.0. The van der Waals surface area contributed by atoms with Crippen molar-refractivity contribution >= 4 is 17.1 Å². The molecule has 0 N–H and O–H groups in total. The zero-order valence-corrected chi connectivity index (χ0v) is 11.2. The molecule has 17 heavy (non-hydrogen) atoms. The van der Waals surface area contributed by atoms with Crippen LogP contribution >= 0.6 is 11.3 Å². The number of hydrogen-bond acceptors (Lipinski definition) is 2. The molecule has 0 saturated heterocycles. The van der Waals surface area contributed by atoms with Gasteiger partial charge in [-0.1, -0.05) is 36.8 Å². The molecule has 2 heteroatoms. The van der Waals surface area contributed by atoms with Gasteiger partial charge in [-0.15, -0.1) is 11.3 Å². The quantitative estimate of drug-likeness (QED) is 0.727. The summed E-state index contributed by atoms with van der Waals surface area (Å²) in [4.78, 5) is 13.6. The molecule has 0 atom stereocenters. The molecule has 0 bridgehead atoms. The lowest BCUT2D eigenvalue weighted by Gasteiger charge is -2.02. The fraction of sp³-hybridized carbons (Fsp3) is 0.267. The topological polar surface area (TPSA) is 17.1 Å². The fourth-order valence-electron chi connectivity index (χ4n) is 1.84. The summed E-state index contributed by atoms with van der Waals surface area (Å²) in [5.41, 5.74) is 3.67. The van der Waals surface area contributed by atoms with Crippen LogP contribution < -0.4 is 0 Å². The Bertz CT molecular complexity index is 535. The maximum absolute atomic E-state index is 11.4. The van der Waals surface area contributed by atoms with Crippen LogP contribution in [0.5, 0.6) is 0 Å². The molecule has 0 spiro atoms. The molecule has 0 aliphatic heterocycles. The standard InChI is InChI=1S/C15H16OS/c1-4-14-13(9-15(17-14)11(3)16)12-7-5-10(2)6-8-12/h5-9H,4H2,1-3H3. The van der Waals surface area contributed by atoms with E-state index in [0.29, 0.717) is 0 Å². The monoisotopic (exact) mass is 244 g/mol. The summed E-state index contributed by atoms with van der Waals surface area (Å²) in [6.07, 6.45) is 0.973. The van der Waals surface area contributed by atoms with Gasteiger partial charge in [0.2, 0.25) is 0 Å². The minimum Gasteiger partial charge on any atom is -0.294 e. The molecule has 1 nitrogen and oxygen atoms in total. The third-order valence-electron chi connectivity index (χ3n) is 2.84. The van der Waals surface area contributed by atoms with Crippen LogP contribution in [0.15, 0.2) is 30.3 Å². The molecular formula is C15H16OS. The average molecular weight is 244 g/mol.